The number of rotatable bonds is 2. The van der Waals surface area contributed by atoms with Gasteiger partial charge in [0.05, 0.1) is 13.3 Å². The van der Waals surface area contributed by atoms with Crippen molar-refractivity contribution in [2.24, 2.45) is 0 Å². The lowest BCUT2D eigenvalue weighted by Crippen LogP contribution is -2.16. The van der Waals surface area contributed by atoms with Crippen LogP contribution >= 0.6 is 0 Å². The van der Waals surface area contributed by atoms with E-state index in [1.54, 1.807) is 13.3 Å². The highest BCUT2D eigenvalue weighted by Gasteiger charge is 2.19. The second-order valence-electron chi connectivity index (χ2n) is 4.49. The fourth-order valence-corrected chi connectivity index (χ4v) is 1.54. The Morgan fingerprint density at radius 3 is 2.43 bits per heavy atom. The van der Waals surface area contributed by atoms with E-state index in [9.17, 15) is 0 Å². The Kier molecular flexibility index (Phi) is 3.14. The largest absolute Gasteiger partial charge is 0.495 e. The summed E-state index contributed by atoms with van der Waals surface area (Å²) >= 11 is 0. The minimum absolute atomic E-state index is 0.109. The molecule has 0 aliphatic rings. The van der Waals surface area contributed by atoms with Gasteiger partial charge in [0.2, 0.25) is 0 Å². The van der Waals surface area contributed by atoms with Crippen LogP contribution in [0.25, 0.3) is 0 Å². The Morgan fingerprint density at radius 2 is 2.00 bits per heavy atom. The van der Waals surface area contributed by atoms with Crippen molar-refractivity contribution in [2.45, 2.75) is 39.5 Å². The third kappa shape index (κ3) is 2.25. The van der Waals surface area contributed by atoms with Crippen LogP contribution < -0.4 is 4.74 Å². The Hall–Kier alpha value is -1.05. The monoisotopic (exact) mass is 193 g/mol. The Balaban J connectivity index is 3.18. The first-order chi connectivity index (χ1) is 6.49. The van der Waals surface area contributed by atoms with Crippen LogP contribution in [0.1, 0.15) is 39.0 Å². The normalized spacial score (nSPS) is 11.5. The van der Waals surface area contributed by atoms with E-state index in [1.807, 2.05) is 0 Å². The van der Waals surface area contributed by atoms with E-state index in [-0.39, 0.29) is 5.41 Å². The third-order valence-corrected chi connectivity index (χ3v) is 2.27. The van der Waals surface area contributed by atoms with E-state index in [0.29, 0.717) is 0 Å². The lowest BCUT2D eigenvalue weighted by molar-refractivity contribution is 0.410. The van der Waals surface area contributed by atoms with Gasteiger partial charge in [-0.1, -0.05) is 27.7 Å². The summed E-state index contributed by atoms with van der Waals surface area (Å²) in [5.41, 5.74) is 2.55. The van der Waals surface area contributed by atoms with Gasteiger partial charge in [-0.2, -0.15) is 0 Å². The molecule has 0 bridgehead atoms. The molecule has 2 heteroatoms. The van der Waals surface area contributed by atoms with Gasteiger partial charge in [-0.25, -0.2) is 0 Å². The number of hydrogen-bond donors (Lipinski definition) is 0. The highest BCUT2D eigenvalue weighted by molar-refractivity contribution is 5.32. The molecule has 0 saturated heterocycles. The molecule has 0 aliphatic carbocycles. The molecule has 0 atom stereocenters. The topological polar surface area (TPSA) is 22.1 Å². The third-order valence-electron chi connectivity index (χ3n) is 2.27. The minimum atomic E-state index is 0.109. The number of ether oxygens (including phenoxy) is 1. The van der Waals surface area contributed by atoms with E-state index in [1.165, 1.54) is 11.3 Å². The Bertz CT molecular complexity index is 313. The highest BCUT2D eigenvalue weighted by atomic mass is 16.5. The molecule has 0 fully saturated rings. The summed E-state index contributed by atoms with van der Waals surface area (Å²) in [6, 6.07) is 2.08. The summed E-state index contributed by atoms with van der Waals surface area (Å²) in [7, 11) is 1.67. The van der Waals surface area contributed by atoms with Crippen LogP contribution in [0.4, 0.5) is 0 Å². The molecule has 1 heterocycles. The molecule has 1 aromatic rings. The molecule has 2 nitrogen and oxygen atoms in total. The Morgan fingerprint density at radius 1 is 1.36 bits per heavy atom. The molecular weight excluding hydrogens is 174 g/mol. The lowest BCUT2D eigenvalue weighted by Gasteiger charge is -2.21. The van der Waals surface area contributed by atoms with E-state index in [0.717, 1.165) is 12.2 Å². The Labute approximate surface area is 86.3 Å². The molecule has 0 aliphatic heterocycles. The lowest BCUT2D eigenvalue weighted by atomic mass is 9.87. The van der Waals surface area contributed by atoms with Crippen LogP contribution in [0, 0.1) is 0 Å². The molecule has 0 unspecified atom stereocenters. The highest BCUT2D eigenvalue weighted by Crippen LogP contribution is 2.26. The predicted octanol–water partition coefficient (Wildman–Crippen LogP) is 2.95. The first kappa shape index (κ1) is 11.0. The van der Waals surface area contributed by atoms with Crippen molar-refractivity contribution in [1.82, 2.24) is 4.98 Å². The van der Waals surface area contributed by atoms with Gasteiger partial charge in [-0.3, -0.25) is 4.98 Å². The fourth-order valence-electron chi connectivity index (χ4n) is 1.54. The molecule has 0 N–H and O–H groups in total. The summed E-state index contributed by atoms with van der Waals surface area (Å²) in [6.07, 6.45) is 2.79. The first-order valence-electron chi connectivity index (χ1n) is 5.02. The quantitative estimate of drug-likeness (QED) is 0.720. The standard InChI is InChI=1S/C12H19NO/c1-6-9-7-10(14-5)8-13-11(9)12(2,3)4/h7-8H,6H2,1-5H3. The molecule has 0 saturated carbocycles. The van der Waals surface area contributed by atoms with Crippen molar-refractivity contribution < 1.29 is 4.74 Å². The molecule has 0 amide bonds. The predicted molar refractivity (Wildman–Crippen MR) is 58.9 cm³/mol. The second-order valence-corrected chi connectivity index (χ2v) is 4.49. The number of aryl methyl sites for hydroxylation is 1. The maximum Gasteiger partial charge on any atom is 0.137 e. The zero-order chi connectivity index (χ0) is 10.8. The van der Waals surface area contributed by atoms with Gasteiger partial charge >= 0.3 is 0 Å². The van der Waals surface area contributed by atoms with E-state index in [4.69, 9.17) is 4.74 Å². The van der Waals surface area contributed by atoms with Gasteiger partial charge in [-0.15, -0.1) is 0 Å². The molecular formula is C12H19NO. The number of nitrogens with zero attached hydrogens (tertiary/aromatic N) is 1. The van der Waals surface area contributed by atoms with Gasteiger partial charge in [-0.05, 0) is 18.1 Å². The minimum Gasteiger partial charge on any atom is -0.495 e. The van der Waals surface area contributed by atoms with Gasteiger partial charge in [0.15, 0.2) is 0 Å². The first-order valence-corrected chi connectivity index (χ1v) is 5.02. The zero-order valence-electron chi connectivity index (χ0n) is 9.72. The van der Waals surface area contributed by atoms with Crippen LogP contribution in [0.2, 0.25) is 0 Å². The van der Waals surface area contributed by atoms with Crippen LogP contribution in [0.3, 0.4) is 0 Å². The van der Waals surface area contributed by atoms with Crippen molar-refractivity contribution in [3.63, 3.8) is 0 Å². The van der Waals surface area contributed by atoms with E-state index in [2.05, 4.69) is 38.7 Å². The van der Waals surface area contributed by atoms with Crippen LogP contribution in [-0.4, -0.2) is 12.1 Å². The molecule has 1 aromatic heterocycles. The number of aromatic nitrogens is 1. The summed E-state index contributed by atoms with van der Waals surface area (Å²) in [6.45, 7) is 8.69. The maximum atomic E-state index is 5.16. The van der Waals surface area contributed by atoms with Crippen molar-refractivity contribution in [2.75, 3.05) is 7.11 Å². The van der Waals surface area contributed by atoms with E-state index >= 15 is 0 Å². The molecule has 1 rings (SSSR count). The SMILES string of the molecule is CCc1cc(OC)cnc1C(C)(C)C. The van der Waals surface area contributed by atoms with Gasteiger partial charge in [0.1, 0.15) is 5.75 Å². The summed E-state index contributed by atoms with van der Waals surface area (Å²) in [4.78, 5) is 4.47. The zero-order valence-corrected chi connectivity index (χ0v) is 9.72. The number of pyridine rings is 1. The maximum absolute atomic E-state index is 5.16. The van der Waals surface area contributed by atoms with Gasteiger partial charge in [0, 0.05) is 11.1 Å². The summed E-state index contributed by atoms with van der Waals surface area (Å²) in [5, 5.41) is 0. The van der Waals surface area contributed by atoms with Crippen molar-refractivity contribution in [3.8, 4) is 5.75 Å². The van der Waals surface area contributed by atoms with Gasteiger partial charge < -0.3 is 4.74 Å². The van der Waals surface area contributed by atoms with Crippen LogP contribution in [0.15, 0.2) is 12.3 Å². The van der Waals surface area contributed by atoms with Crippen molar-refractivity contribution in [3.05, 3.63) is 23.5 Å². The van der Waals surface area contributed by atoms with Crippen LogP contribution in [-0.2, 0) is 11.8 Å². The molecule has 0 spiro atoms. The average Bonchev–Trinajstić information content (AvgIpc) is 2.15. The molecule has 0 radical (unpaired) electrons. The number of methoxy groups -OCH3 is 1. The number of hydrogen-bond acceptors (Lipinski definition) is 2. The molecule has 0 aromatic carbocycles. The smallest absolute Gasteiger partial charge is 0.137 e. The molecule has 78 valence electrons. The van der Waals surface area contributed by atoms with Crippen molar-refractivity contribution >= 4 is 0 Å². The molecule has 14 heavy (non-hydrogen) atoms. The van der Waals surface area contributed by atoms with E-state index < -0.39 is 0 Å². The van der Waals surface area contributed by atoms with Gasteiger partial charge in [0.25, 0.3) is 0 Å². The summed E-state index contributed by atoms with van der Waals surface area (Å²) < 4.78 is 5.16. The second kappa shape index (κ2) is 3.99. The average molecular weight is 193 g/mol. The summed E-state index contributed by atoms with van der Waals surface area (Å²) in [5.74, 6) is 0.842. The van der Waals surface area contributed by atoms with Crippen molar-refractivity contribution in [1.29, 1.82) is 0 Å². The fraction of sp³-hybridized carbons (Fsp3) is 0.583. The van der Waals surface area contributed by atoms with Crippen LogP contribution in [0.5, 0.6) is 5.75 Å².